The lowest BCUT2D eigenvalue weighted by molar-refractivity contribution is 0.0949. The molecule has 0 spiro atoms. The first-order chi connectivity index (χ1) is 17.4. The van der Waals surface area contributed by atoms with Gasteiger partial charge >= 0.3 is 0 Å². The zero-order chi connectivity index (χ0) is 25.0. The number of aromatic nitrogens is 1. The van der Waals surface area contributed by atoms with E-state index in [9.17, 15) is 9.59 Å². The summed E-state index contributed by atoms with van der Waals surface area (Å²) in [5, 5.41) is 3.03. The normalized spacial score (nSPS) is 21.0. The van der Waals surface area contributed by atoms with E-state index in [0.717, 1.165) is 32.2 Å². The molecule has 2 fully saturated rings. The van der Waals surface area contributed by atoms with Crippen LogP contribution in [0.25, 0.3) is 16.6 Å². The number of ether oxygens (including phenoxy) is 1. The minimum atomic E-state index is -0.559. The zero-order valence-electron chi connectivity index (χ0n) is 20.3. The highest BCUT2D eigenvalue weighted by molar-refractivity contribution is 6.01. The number of nitrogens with zero attached hydrogens (tertiary/aromatic N) is 3. The molecule has 2 atom stereocenters. The van der Waals surface area contributed by atoms with Crippen LogP contribution in [0.1, 0.15) is 36.0 Å². The van der Waals surface area contributed by atoms with Crippen LogP contribution in [-0.4, -0.2) is 60.7 Å². The van der Waals surface area contributed by atoms with Crippen molar-refractivity contribution in [2.24, 2.45) is 5.73 Å². The number of anilines is 1. The number of para-hydroxylation sites is 2. The van der Waals surface area contributed by atoms with Gasteiger partial charge in [0.25, 0.3) is 5.91 Å². The maximum absolute atomic E-state index is 15.6. The van der Waals surface area contributed by atoms with Crippen LogP contribution in [-0.2, 0) is 0 Å². The molecule has 2 aromatic carbocycles. The highest BCUT2D eigenvalue weighted by atomic mass is 19.1. The molecule has 188 valence electrons. The number of carbonyl (C=O) groups excluding carboxylic acids is 1. The minimum Gasteiger partial charge on any atom is -0.451 e. The number of nitrogens with one attached hydrogen (secondary N) is 1. The van der Waals surface area contributed by atoms with Crippen molar-refractivity contribution in [2.75, 3.05) is 38.1 Å². The summed E-state index contributed by atoms with van der Waals surface area (Å²) in [7, 11) is 2.09. The Morgan fingerprint density at radius 2 is 2.08 bits per heavy atom. The Kier molecular flexibility index (Phi) is 5.69. The van der Waals surface area contributed by atoms with Crippen LogP contribution < -0.4 is 26.1 Å². The fourth-order valence-corrected chi connectivity index (χ4v) is 5.79. The molecule has 6 rings (SSSR count). The number of hydrogen-bond acceptors (Lipinski definition) is 6. The van der Waals surface area contributed by atoms with E-state index < -0.39 is 17.2 Å². The van der Waals surface area contributed by atoms with E-state index in [0.29, 0.717) is 48.3 Å². The van der Waals surface area contributed by atoms with Crippen molar-refractivity contribution < 1.29 is 13.9 Å². The van der Waals surface area contributed by atoms with Gasteiger partial charge < -0.3 is 30.2 Å². The molecule has 2 saturated heterocycles. The van der Waals surface area contributed by atoms with E-state index in [2.05, 4.69) is 17.3 Å². The van der Waals surface area contributed by atoms with Gasteiger partial charge in [0.2, 0.25) is 5.43 Å². The van der Waals surface area contributed by atoms with Gasteiger partial charge in [-0.05, 0) is 57.5 Å². The molecule has 3 aliphatic heterocycles. The highest BCUT2D eigenvalue weighted by Crippen LogP contribution is 2.46. The van der Waals surface area contributed by atoms with E-state index >= 15 is 4.39 Å². The molecule has 3 N–H and O–H groups in total. The van der Waals surface area contributed by atoms with Crippen molar-refractivity contribution in [3.8, 4) is 17.2 Å². The van der Waals surface area contributed by atoms with Crippen molar-refractivity contribution in [3.63, 3.8) is 0 Å². The van der Waals surface area contributed by atoms with Gasteiger partial charge in [-0.3, -0.25) is 9.59 Å². The molecule has 1 aromatic heterocycles. The SMILES string of the molecule is CN1CCCC1CCNC(=O)c1cn2c3c(c(N4CCC(N)C4)c(F)cc3c1=O)Oc1ccccc1-2. The maximum atomic E-state index is 15.6. The minimum absolute atomic E-state index is 0.0136. The lowest BCUT2D eigenvalue weighted by atomic mass is 10.1. The Morgan fingerprint density at radius 3 is 2.83 bits per heavy atom. The molecule has 3 aliphatic rings. The molecule has 0 saturated carbocycles. The van der Waals surface area contributed by atoms with Crippen LogP contribution in [0.15, 0.2) is 41.3 Å². The summed E-state index contributed by atoms with van der Waals surface area (Å²) in [5.41, 5.74) is 7.02. The summed E-state index contributed by atoms with van der Waals surface area (Å²) in [6, 6.07) is 8.96. The maximum Gasteiger partial charge on any atom is 0.256 e. The molecular weight excluding hydrogens is 461 g/mol. The number of halogens is 1. The van der Waals surface area contributed by atoms with Gasteiger partial charge in [-0.15, -0.1) is 0 Å². The van der Waals surface area contributed by atoms with Crippen molar-refractivity contribution in [1.29, 1.82) is 0 Å². The molecule has 8 nitrogen and oxygen atoms in total. The van der Waals surface area contributed by atoms with E-state index in [-0.39, 0.29) is 22.7 Å². The van der Waals surface area contributed by atoms with Crippen LogP contribution in [0.2, 0.25) is 0 Å². The Morgan fingerprint density at radius 1 is 1.25 bits per heavy atom. The number of carbonyl (C=O) groups is 1. The van der Waals surface area contributed by atoms with E-state index in [1.54, 1.807) is 16.8 Å². The summed E-state index contributed by atoms with van der Waals surface area (Å²) in [5.74, 6) is -0.199. The Bertz CT molecular complexity index is 1420. The van der Waals surface area contributed by atoms with Gasteiger partial charge in [0.05, 0.1) is 11.1 Å². The van der Waals surface area contributed by atoms with Crippen LogP contribution in [0, 0.1) is 5.82 Å². The second-order valence-electron chi connectivity index (χ2n) is 10.1. The fourth-order valence-electron chi connectivity index (χ4n) is 5.79. The van der Waals surface area contributed by atoms with Crippen molar-refractivity contribution in [2.45, 2.75) is 37.8 Å². The zero-order valence-corrected chi connectivity index (χ0v) is 20.3. The largest absolute Gasteiger partial charge is 0.451 e. The monoisotopic (exact) mass is 491 g/mol. The fraction of sp³-hybridized carbons (Fsp3) is 0.407. The lowest BCUT2D eigenvalue weighted by Gasteiger charge is -2.29. The molecule has 4 heterocycles. The summed E-state index contributed by atoms with van der Waals surface area (Å²) >= 11 is 0. The Hall–Kier alpha value is -3.43. The lowest BCUT2D eigenvalue weighted by Crippen LogP contribution is -2.34. The van der Waals surface area contributed by atoms with Gasteiger partial charge in [-0.2, -0.15) is 0 Å². The average Bonchev–Trinajstić information content (AvgIpc) is 3.48. The number of likely N-dealkylation sites (tertiary alicyclic amines) is 1. The molecular formula is C27H30FN5O3. The van der Waals surface area contributed by atoms with E-state index in [1.165, 1.54) is 6.07 Å². The van der Waals surface area contributed by atoms with Crippen LogP contribution in [0.3, 0.4) is 0 Å². The Balaban J connectivity index is 1.44. The topological polar surface area (TPSA) is 92.8 Å². The number of nitrogens with two attached hydrogens (primary N) is 1. The number of benzene rings is 2. The standard InChI is InChI=1S/C27H30FN5O3/c1-31-11-4-5-17(31)8-10-30-27(35)19-15-33-21-6-2-3-7-22(21)36-26-23(33)18(25(19)34)13-20(28)24(26)32-12-9-16(29)14-32/h2-3,6-7,13,15-17H,4-5,8-12,14,29H2,1H3,(H,30,35). The second kappa shape index (κ2) is 8.90. The first kappa shape index (κ1) is 23.0. The first-order valence-corrected chi connectivity index (χ1v) is 12.6. The highest BCUT2D eigenvalue weighted by Gasteiger charge is 2.32. The molecule has 0 radical (unpaired) electrons. The van der Waals surface area contributed by atoms with Crippen LogP contribution >= 0.6 is 0 Å². The number of pyridine rings is 1. The molecule has 9 heteroatoms. The average molecular weight is 492 g/mol. The van der Waals surface area contributed by atoms with Gasteiger partial charge in [-0.1, -0.05) is 12.1 Å². The van der Waals surface area contributed by atoms with Crippen molar-refractivity contribution >= 4 is 22.5 Å². The molecule has 2 unspecified atom stereocenters. The predicted molar refractivity (Wildman–Crippen MR) is 137 cm³/mol. The molecule has 1 amide bonds. The number of amides is 1. The summed E-state index contributed by atoms with van der Waals surface area (Å²) in [6.07, 6.45) is 5.39. The van der Waals surface area contributed by atoms with Crippen LogP contribution in [0.4, 0.5) is 10.1 Å². The Labute approximate surface area is 208 Å². The molecule has 36 heavy (non-hydrogen) atoms. The molecule has 0 bridgehead atoms. The van der Waals surface area contributed by atoms with E-state index in [4.69, 9.17) is 10.5 Å². The quantitative estimate of drug-likeness (QED) is 0.446. The number of fused-ring (bicyclic) bond motifs is 2. The summed E-state index contributed by atoms with van der Waals surface area (Å²) in [4.78, 5) is 30.8. The third-order valence-electron chi connectivity index (χ3n) is 7.73. The third-order valence-corrected chi connectivity index (χ3v) is 7.73. The van der Waals surface area contributed by atoms with Crippen LogP contribution in [0.5, 0.6) is 11.5 Å². The van der Waals surface area contributed by atoms with Gasteiger partial charge in [0, 0.05) is 37.9 Å². The van der Waals surface area contributed by atoms with Crippen molar-refractivity contribution in [3.05, 3.63) is 58.1 Å². The smallest absolute Gasteiger partial charge is 0.256 e. The predicted octanol–water partition coefficient (Wildman–Crippen LogP) is 2.99. The summed E-state index contributed by atoms with van der Waals surface area (Å²) in [6.45, 7) is 2.64. The first-order valence-electron chi connectivity index (χ1n) is 12.6. The second-order valence-corrected chi connectivity index (χ2v) is 10.1. The molecule has 3 aromatic rings. The number of rotatable bonds is 5. The van der Waals surface area contributed by atoms with Gasteiger partial charge in [0.15, 0.2) is 17.3 Å². The summed E-state index contributed by atoms with van der Waals surface area (Å²) < 4.78 is 23.6. The number of hydrogen-bond donors (Lipinski definition) is 2. The van der Waals surface area contributed by atoms with Gasteiger partial charge in [-0.25, -0.2) is 4.39 Å². The van der Waals surface area contributed by atoms with Crippen molar-refractivity contribution in [1.82, 2.24) is 14.8 Å². The van der Waals surface area contributed by atoms with Gasteiger partial charge in [0.1, 0.15) is 16.8 Å². The third kappa shape index (κ3) is 3.74. The molecule has 0 aliphatic carbocycles. The van der Waals surface area contributed by atoms with E-state index in [1.807, 2.05) is 23.1 Å².